The monoisotopic (exact) mass is 250 g/mol. The molecule has 18 heavy (non-hydrogen) atoms. The molecule has 0 bridgehead atoms. The Morgan fingerprint density at radius 2 is 2.00 bits per heavy atom. The average molecular weight is 250 g/mol. The van der Waals surface area contributed by atoms with Crippen LogP contribution in [-0.2, 0) is 15.0 Å². The van der Waals surface area contributed by atoms with E-state index < -0.39 is 11.4 Å². The van der Waals surface area contributed by atoms with Gasteiger partial charge in [-0.05, 0) is 31.0 Å². The molecule has 0 spiro atoms. The summed E-state index contributed by atoms with van der Waals surface area (Å²) in [6, 6.07) is 3.71. The minimum atomic E-state index is -0.878. The zero-order chi connectivity index (χ0) is 13.9. The number of aryl methyl sites for hydroxylation is 2. The fourth-order valence-corrected chi connectivity index (χ4v) is 2.41. The second-order valence-electron chi connectivity index (χ2n) is 5.12. The minimum Gasteiger partial charge on any atom is -0.481 e. The third kappa shape index (κ3) is 3.09. The number of hydrogen-bond acceptors (Lipinski definition) is 3. The third-order valence-corrected chi connectivity index (χ3v) is 2.89. The van der Waals surface area contributed by atoms with Crippen LogP contribution in [0.2, 0.25) is 0 Å². The normalized spacial score (nSPS) is 11.1. The van der Waals surface area contributed by atoms with Crippen LogP contribution < -0.4 is 4.74 Å². The molecule has 0 fully saturated rings. The summed E-state index contributed by atoms with van der Waals surface area (Å²) < 4.78 is 4.99. The predicted octanol–water partition coefficient (Wildman–Crippen LogP) is 2.59. The average Bonchev–Trinajstić information content (AvgIpc) is 2.13. The maximum absolute atomic E-state index is 10.9. The molecule has 0 saturated heterocycles. The number of carbonyl (C=O) groups excluding carboxylic acids is 1. The van der Waals surface area contributed by atoms with Gasteiger partial charge in [0.15, 0.2) is 0 Å². The maximum atomic E-state index is 10.9. The van der Waals surface area contributed by atoms with Crippen LogP contribution in [0.1, 0.15) is 37.0 Å². The van der Waals surface area contributed by atoms with E-state index in [9.17, 15) is 9.59 Å². The van der Waals surface area contributed by atoms with E-state index in [-0.39, 0.29) is 6.42 Å². The van der Waals surface area contributed by atoms with Crippen LogP contribution in [0.5, 0.6) is 5.75 Å². The van der Waals surface area contributed by atoms with Crippen molar-refractivity contribution < 1.29 is 19.4 Å². The van der Waals surface area contributed by atoms with Gasteiger partial charge in [0.25, 0.3) is 6.47 Å². The van der Waals surface area contributed by atoms with Gasteiger partial charge >= 0.3 is 5.97 Å². The smallest absolute Gasteiger partial charge is 0.304 e. The van der Waals surface area contributed by atoms with Gasteiger partial charge in [-0.25, -0.2) is 0 Å². The van der Waals surface area contributed by atoms with Crippen molar-refractivity contribution >= 4 is 12.4 Å². The van der Waals surface area contributed by atoms with Crippen molar-refractivity contribution in [2.45, 2.75) is 39.5 Å². The van der Waals surface area contributed by atoms with Crippen LogP contribution in [-0.4, -0.2) is 17.5 Å². The molecular weight excluding hydrogens is 232 g/mol. The standard InChI is InChI=1S/C14H18O4/c1-9-5-10(2)13(11(6-9)18-8-15)14(3,4)7-12(16)17/h5-6,8H,7H2,1-4H3,(H,16,17). The first-order valence-electron chi connectivity index (χ1n) is 5.72. The first kappa shape index (κ1) is 14.2. The number of carboxylic acid groups (broad SMARTS) is 1. The van der Waals surface area contributed by atoms with Gasteiger partial charge in [-0.15, -0.1) is 0 Å². The highest BCUT2D eigenvalue weighted by Gasteiger charge is 2.29. The highest BCUT2D eigenvalue weighted by atomic mass is 16.5. The van der Waals surface area contributed by atoms with Gasteiger partial charge in [0, 0.05) is 11.0 Å². The zero-order valence-corrected chi connectivity index (χ0v) is 11.1. The van der Waals surface area contributed by atoms with Gasteiger partial charge in [-0.3, -0.25) is 9.59 Å². The van der Waals surface area contributed by atoms with Gasteiger partial charge in [-0.1, -0.05) is 19.9 Å². The van der Waals surface area contributed by atoms with Gasteiger partial charge in [0.05, 0.1) is 6.42 Å². The Morgan fingerprint density at radius 1 is 1.39 bits per heavy atom. The highest BCUT2D eigenvalue weighted by molar-refractivity contribution is 5.70. The molecule has 0 amide bonds. The summed E-state index contributed by atoms with van der Waals surface area (Å²) in [5.74, 6) is -0.439. The van der Waals surface area contributed by atoms with Gasteiger partial charge < -0.3 is 9.84 Å². The molecule has 98 valence electrons. The number of ether oxygens (including phenoxy) is 1. The molecule has 0 unspecified atom stereocenters. The summed E-state index contributed by atoms with van der Waals surface area (Å²) in [5.41, 5.74) is 2.07. The molecule has 0 aromatic heterocycles. The number of hydrogen-bond donors (Lipinski definition) is 1. The van der Waals surface area contributed by atoms with Crippen molar-refractivity contribution in [1.29, 1.82) is 0 Å². The molecule has 0 saturated carbocycles. The predicted molar refractivity (Wildman–Crippen MR) is 67.9 cm³/mol. The van der Waals surface area contributed by atoms with E-state index in [1.54, 1.807) is 6.07 Å². The maximum Gasteiger partial charge on any atom is 0.304 e. The minimum absolute atomic E-state index is 0.0217. The largest absolute Gasteiger partial charge is 0.481 e. The molecule has 4 nitrogen and oxygen atoms in total. The molecule has 4 heteroatoms. The molecular formula is C14H18O4. The lowest BCUT2D eigenvalue weighted by Gasteiger charge is -2.27. The second-order valence-corrected chi connectivity index (χ2v) is 5.12. The summed E-state index contributed by atoms with van der Waals surface area (Å²) in [4.78, 5) is 21.5. The lowest BCUT2D eigenvalue weighted by atomic mass is 9.78. The van der Waals surface area contributed by atoms with E-state index in [1.807, 2.05) is 33.8 Å². The molecule has 0 aliphatic carbocycles. The number of rotatable bonds is 5. The highest BCUT2D eigenvalue weighted by Crippen LogP contribution is 2.37. The van der Waals surface area contributed by atoms with Crippen molar-refractivity contribution in [1.82, 2.24) is 0 Å². The Morgan fingerprint density at radius 3 is 2.50 bits per heavy atom. The van der Waals surface area contributed by atoms with Crippen LogP contribution in [0.15, 0.2) is 12.1 Å². The SMILES string of the molecule is Cc1cc(C)c(C(C)(C)CC(=O)O)c(OC=O)c1. The number of aliphatic carboxylic acids is 1. The topological polar surface area (TPSA) is 63.6 Å². The Bertz CT molecular complexity index is 475. The van der Waals surface area contributed by atoms with E-state index in [4.69, 9.17) is 9.84 Å². The van der Waals surface area contributed by atoms with Gasteiger partial charge in [0.1, 0.15) is 5.75 Å². The van der Waals surface area contributed by atoms with Gasteiger partial charge in [0.2, 0.25) is 0 Å². The fraction of sp³-hybridized carbons (Fsp3) is 0.429. The van der Waals surface area contributed by atoms with Crippen LogP contribution in [0, 0.1) is 13.8 Å². The van der Waals surface area contributed by atoms with Crippen LogP contribution in [0.3, 0.4) is 0 Å². The van der Waals surface area contributed by atoms with Crippen molar-refractivity contribution in [3.05, 3.63) is 28.8 Å². The summed E-state index contributed by atoms with van der Waals surface area (Å²) in [7, 11) is 0. The number of carboxylic acids is 1. The Hall–Kier alpha value is -1.84. The van der Waals surface area contributed by atoms with Crippen molar-refractivity contribution in [2.24, 2.45) is 0 Å². The Balaban J connectivity index is 3.36. The summed E-state index contributed by atoms with van der Waals surface area (Å²) in [6.07, 6.45) is -0.0217. The lowest BCUT2D eigenvalue weighted by Crippen LogP contribution is -2.24. The summed E-state index contributed by atoms with van der Waals surface area (Å²) >= 11 is 0. The van der Waals surface area contributed by atoms with Gasteiger partial charge in [-0.2, -0.15) is 0 Å². The molecule has 0 aliphatic rings. The van der Waals surface area contributed by atoms with Crippen molar-refractivity contribution in [3.63, 3.8) is 0 Å². The van der Waals surface area contributed by atoms with E-state index in [2.05, 4.69) is 0 Å². The van der Waals surface area contributed by atoms with Crippen LogP contribution in [0.25, 0.3) is 0 Å². The molecule has 0 radical (unpaired) electrons. The summed E-state index contributed by atoms with van der Waals surface area (Å²) in [6.45, 7) is 7.82. The van der Waals surface area contributed by atoms with E-state index in [0.29, 0.717) is 12.2 Å². The molecule has 1 aromatic carbocycles. The molecule has 0 atom stereocenters. The number of benzene rings is 1. The zero-order valence-electron chi connectivity index (χ0n) is 11.1. The second kappa shape index (κ2) is 5.21. The third-order valence-electron chi connectivity index (χ3n) is 2.89. The van der Waals surface area contributed by atoms with E-state index in [1.165, 1.54) is 0 Å². The van der Waals surface area contributed by atoms with Crippen molar-refractivity contribution in [3.8, 4) is 5.75 Å². The van der Waals surface area contributed by atoms with E-state index in [0.717, 1.165) is 16.7 Å². The first-order chi connectivity index (χ1) is 8.27. The molecule has 1 N–H and O–H groups in total. The lowest BCUT2D eigenvalue weighted by molar-refractivity contribution is -0.138. The first-order valence-corrected chi connectivity index (χ1v) is 5.72. The molecule has 1 rings (SSSR count). The van der Waals surface area contributed by atoms with E-state index >= 15 is 0 Å². The van der Waals surface area contributed by atoms with Crippen molar-refractivity contribution in [2.75, 3.05) is 0 Å². The molecule has 0 heterocycles. The fourth-order valence-electron chi connectivity index (χ4n) is 2.41. The Labute approximate surface area is 107 Å². The molecule has 0 aliphatic heterocycles. The quantitative estimate of drug-likeness (QED) is 0.816. The molecule has 1 aromatic rings. The van der Waals surface area contributed by atoms with Crippen LogP contribution in [0.4, 0.5) is 0 Å². The summed E-state index contributed by atoms with van der Waals surface area (Å²) in [5, 5.41) is 8.97. The van der Waals surface area contributed by atoms with Crippen LogP contribution >= 0.6 is 0 Å². The Kier molecular flexibility index (Phi) is 4.11. The number of carbonyl (C=O) groups is 2.